The molecule has 9 heteroatoms. The number of hydrogen-bond acceptors (Lipinski definition) is 5. The second-order valence-electron chi connectivity index (χ2n) is 5.55. The average molecular weight is 388 g/mol. The van der Waals surface area contributed by atoms with Crippen LogP contribution in [0, 0.1) is 17.5 Å². The van der Waals surface area contributed by atoms with Gasteiger partial charge in [0.2, 0.25) is 5.95 Å². The van der Waals surface area contributed by atoms with Crippen molar-refractivity contribution in [3.63, 3.8) is 0 Å². The molecule has 0 aliphatic rings. The smallest absolute Gasteiger partial charge is 0.258 e. The molecule has 0 saturated heterocycles. The molecule has 0 spiro atoms. The van der Waals surface area contributed by atoms with Crippen LogP contribution in [-0.2, 0) is 0 Å². The van der Waals surface area contributed by atoms with Gasteiger partial charge in [-0.25, -0.2) is 23.1 Å². The number of carbonyl (C=O) groups is 1. The summed E-state index contributed by atoms with van der Waals surface area (Å²) in [7, 11) is 0. The van der Waals surface area contributed by atoms with Gasteiger partial charge in [-0.1, -0.05) is 0 Å². The minimum Gasteiger partial charge on any atom is -0.494 e. The molecule has 0 unspecified atom stereocenters. The van der Waals surface area contributed by atoms with E-state index in [-0.39, 0.29) is 17.2 Å². The van der Waals surface area contributed by atoms with E-state index >= 15 is 0 Å². The number of aromatic nitrogens is 2. The molecule has 144 valence electrons. The first-order valence-corrected chi connectivity index (χ1v) is 8.24. The summed E-state index contributed by atoms with van der Waals surface area (Å²) in [5.74, 6) is -4.14. The van der Waals surface area contributed by atoms with E-state index in [0.29, 0.717) is 18.0 Å². The number of nitrogens with zero attached hydrogens (tertiary/aromatic N) is 2. The Morgan fingerprint density at radius 1 is 1.00 bits per heavy atom. The molecule has 3 rings (SSSR count). The molecule has 0 radical (unpaired) electrons. The Morgan fingerprint density at radius 3 is 2.32 bits per heavy atom. The van der Waals surface area contributed by atoms with E-state index in [1.54, 1.807) is 24.3 Å². The topological polar surface area (TPSA) is 76.1 Å². The predicted molar refractivity (Wildman–Crippen MR) is 97.2 cm³/mol. The fraction of sp³-hybridized carbons (Fsp3) is 0.105. The number of hydrogen-bond donors (Lipinski definition) is 2. The summed E-state index contributed by atoms with van der Waals surface area (Å²) in [5, 5.41) is 5.10. The minimum absolute atomic E-state index is 0.0810. The van der Waals surface area contributed by atoms with Crippen molar-refractivity contribution in [2.75, 3.05) is 17.2 Å². The largest absolute Gasteiger partial charge is 0.494 e. The van der Waals surface area contributed by atoms with Crippen LogP contribution in [0.5, 0.6) is 5.75 Å². The molecule has 0 fully saturated rings. The lowest BCUT2D eigenvalue weighted by molar-refractivity contribution is 0.102. The molecule has 0 aliphatic heterocycles. The Balaban J connectivity index is 1.66. The first-order chi connectivity index (χ1) is 13.5. The number of anilines is 3. The summed E-state index contributed by atoms with van der Waals surface area (Å²) < 4.78 is 45.2. The second kappa shape index (κ2) is 8.38. The van der Waals surface area contributed by atoms with Gasteiger partial charge in [0.05, 0.1) is 17.9 Å². The number of benzene rings is 2. The first kappa shape index (κ1) is 19.2. The van der Waals surface area contributed by atoms with E-state index < -0.39 is 23.4 Å². The van der Waals surface area contributed by atoms with E-state index in [1.165, 1.54) is 12.4 Å². The molecule has 1 amide bonds. The van der Waals surface area contributed by atoms with Crippen molar-refractivity contribution in [3.8, 4) is 5.75 Å². The fourth-order valence-electron chi connectivity index (χ4n) is 2.26. The molecule has 1 heterocycles. The van der Waals surface area contributed by atoms with Crippen LogP contribution < -0.4 is 15.4 Å². The number of amides is 1. The summed E-state index contributed by atoms with van der Waals surface area (Å²) in [6, 6.07) is 8.61. The van der Waals surface area contributed by atoms with Gasteiger partial charge in [0.15, 0.2) is 17.5 Å². The monoisotopic (exact) mass is 388 g/mol. The summed E-state index contributed by atoms with van der Waals surface area (Å²) in [6.07, 6.45) is 2.44. The average Bonchev–Trinajstić information content (AvgIpc) is 2.70. The Morgan fingerprint density at radius 2 is 1.68 bits per heavy atom. The molecule has 6 nitrogen and oxygen atoms in total. The highest BCUT2D eigenvalue weighted by atomic mass is 19.2. The van der Waals surface area contributed by atoms with Crippen LogP contribution in [0.1, 0.15) is 17.3 Å². The molecule has 28 heavy (non-hydrogen) atoms. The van der Waals surface area contributed by atoms with E-state index in [2.05, 4.69) is 20.6 Å². The lowest BCUT2D eigenvalue weighted by Gasteiger charge is -2.08. The van der Waals surface area contributed by atoms with Gasteiger partial charge >= 0.3 is 0 Å². The second-order valence-corrected chi connectivity index (χ2v) is 5.55. The Bertz CT molecular complexity index is 980. The normalized spacial score (nSPS) is 10.4. The lowest BCUT2D eigenvalue weighted by Crippen LogP contribution is -2.13. The van der Waals surface area contributed by atoms with Crippen molar-refractivity contribution in [1.82, 2.24) is 9.97 Å². The summed E-state index contributed by atoms with van der Waals surface area (Å²) in [6.45, 7) is 2.41. The molecular formula is C19H15F3N4O2. The maximum Gasteiger partial charge on any atom is 0.258 e. The zero-order valence-electron chi connectivity index (χ0n) is 14.7. The van der Waals surface area contributed by atoms with Crippen molar-refractivity contribution in [1.29, 1.82) is 0 Å². The first-order valence-electron chi connectivity index (χ1n) is 8.24. The summed E-state index contributed by atoms with van der Waals surface area (Å²) in [5.41, 5.74) is 0.384. The summed E-state index contributed by atoms with van der Waals surface area (Å²) in [4.78, 5) is 20.0. The maximum atomic E-state index is 13.7. The number of ether oxygens (including phenoxy) is 1. The fourth-order valence-corrected chi connectivity index (χ4v) is 2.26. The number of rotatable bonds is 6. The van der Waals surface area contributed by atoms with Crippen LogP contribution in [0.3, 0.4) is 0 Å². The Kier molecular flexibility index (Phi) is 5.73. The highest BCUT2D eigenvalue weighted by Gasteiger charge is 2.14. The van der Waals surface area contributed by atoms with Crippen molar-refractivity contribution < 1.29 is 22.7 Å². The Labute approximate surface area is 158 Å². The van der Waals surface area contributed by atoms with Gasteiger partial charge < -0.3 is 15.4 Å². The van der Waals surface area contributed by atoms with Crippen LogP contribution in [-0.4, -0.2) is 22.5 Å². The van der Waals surface area contributed by atoms with Gasteiger partial charge in [-0.2, -0.15) is 0 Å². The van der Waals surface area contributed by atoms with Crippen LogP contribution in [0.25, 0.3) is 0 Å². The van der Waals surface area contributed by atoms with E-state index in [1.807, 2.05) is 6.92 Å². The molecule has 3 aromatic rings. The van der Waals surface area contributed by atoms with Gasteiger partial charge in [-0.3, -0.25) is 4.79 Å². The number of halogens is 3. The van der Waals surface area contributed by atoms with Crippen LogP contribution in [0.4, 0.5) is 30.5 Å². The van der Waals surface area contributed by atoms with Crippen LogP contribution >= 0.6 is 0 Å². The third-order valence-corrected chi connectivity index (χ3v) is 3.62. The summed E-state index contributed by atoms with van der Waals surface area (Å²) >= 11 is 0. The van der Waals surface area contributed by atoms with Gasteiger partial charge in [-0.05, 0) is 43.3 Å². The zero-order valence-corrected chi connectivity index (χ0v) is 14.7. The van der Waals surface area contributed by atoms with E-state index in [4.69, 9.17) is 4.74 Å². The molecule has 0 atom stereocenters. The van der Waals surface area contributed by atoms with Crippen LogP contribution in [0.15, 0.2) is 48.8 Å². The highest BCUT2D eigenvalue weighted by molar-refractivity contribution is 6.03. The molecule has 0 bridgehead atoms. The van der Waals surface area contributed by atoms with Gasteiger partial charge in [0.1, 0.15) is 5.75 Å². The predicted octanol–water partition coefficient (Wildman–Crippen LogP) is 4.29. The van der Waals surface area contributed by atoms with E-state index in [0.717, 1.165) is 12.1 Å². The molecule has 0 saturated carbocycles. The molecule has 2 N–H and O–H groups in total. The third kappa shape index (κ3) is 4.37. The van der Waals surface area contributed by atoms with Crippen molar-refractivity contribution >= 4 is 23.2 Å². The van der Waals surface area contributed by atoms with Crippen molar-refractivity contribution in [2.24, 2.45) is 0 Å². The van der Waals surface area contributed by atoms with Gasteiger partial charge in [0.25, 0.3) is 5.91 Å². The molecule has 2 aromatic carbocycles. The quantitative estimate of drug-likeness (QED) is 0.616. The Hall–Kier alpha value is -3.62. The van der Waals surface area contributed by atoms with Crippen LogP contribution in [0.2, 0.25) is 0 Å². The van der Waals surface area contributed by atoms with Gasteiger partial charge in [0, 0.05) is 18.1 Å². The highest BCUT2D eigenvalue weighted by Crippen LogP contribution is 2.22. The standard InChI is InChI=1S/C19H15F3N4O2/c1-2-28-13-5-3-12(4-6-13)25-18(27)11-9-23-19(24-10-11)26-15-8-7-14(20)16(21)17(15)22/h3-10H,2H2,1H3,(H,25,27)(H,23,24,26). The van der Waals surface area contributed by atoms with Crippen molar-refractivity contribution in [3.05, 3.63) is 71.8 Å². The van der Waals surface area contributed by atoms with Gasteiger partial charge in [-0.15, -0.1) is 0 Å². The minimum atomic E-state index is -1.60. The molecule has 0 aliphatic carbocycles. The lowest BCUT2D eigenvalue weighted by atomic mass is 10.2. The number of carbonyl (C=O) groups excluding carboxylic acids is 1. The number of nitrogens with one attached hydrogen (secondary N) is 2. The molecular weight excluding hydrogens is 373 g/mol. The zero-order chi connectivity index (χ0) is 20.1. The van der Waals surface area contributed by atoms with E-state index in [9.17, 15) is 18.0 Å². The SMILES string of the molecule is CCOc1ccc(NC(=O)c2cnc(Nc3ccc(F)c(F)c3F)nc2)cc1. The maximum absolute atomic E-state index is 13.7. The molecule has 1 aromatic heterocycles. The van der Waals surface area contributed by atoms with Crippen molar-refractivity contribution in [2.45, 2.75) is 6.92 Å². The third-order valence-electron chi connectivity index (χ3n) is 3.62.